The number of fused-ring (bicyclic) bond motifs is 1. The van der Waals surface area contributed by atoms with Crippen molar-refractivity contribution in [3.05, 3.63) is 23.4 Å². The lowest BCUT2D eigenvalue weighted by Crippen LogP contribution is -2.28. The number of aliphatic hydroxyl groups is 1. The van der Waals surface area contributed by atoms with E-state index in [4.69, 9.17) is 10.8 Å². The number of rotatable bonds is 6. The van der Waals surface area contributed by atoms with Gasteiger partial charge in [-0.1, -0.05) is 6.07 Å². The molecule has 0 saturated heterocycles. The fourth-order valence-electron chi connectivity index (χ4n) is 2.13. The molecule has 0 aliphatic rings. The van der Waals surface area contributed by atoms with Gasteiger partial charge in [0.2, 0.25) is 0 Å². The van der Waals surface area contributed by atoms with Crippen molar-refractivity contribution in [2.24, 2.45) is 0 Å². The predicted molar refractivity (Wildman–Crippen MR) is 82.2 cm³/mol. The summed E-state index contributed by atoms with van der Waals surface area (Å²) in [4.78, 5) is 2.05. The van der Waals surface area contributed by atoms with E-state index in [9.17, 15) is 0 Å². The van der Waals surface area contributed by atoms with E-state index in [0.29, 0.717) is 12.2 Å². The smallest absolute Gasteiger partial charge is 0.172 e. The fourth-order valence-corrected chi connectivity index (χ4v) is 2.13. The first-order valence-corrected chi connectivity index (χ1v) is 6.82. The molecule has 0 aliphatic carbocycles. The molecule has 20 heavy (non-hydrogen) atoms. The minimum Gasteiger partial charge on any atom is -0.395 e. The highest BCUT2D eigenvalue weighted by molar-refractivity contribution is 5.81. The average molecular weight is 277 g/mol. The number of hydrogen-bond acceptors (Lipinski definition) is 5. The molecule has 2 rings (SSSR count). The zero-order valence-electron chi connectivity index (χ0n) is 12.3. The summed E-state index contributed by atoms with van der Waals surface area (Å²) in [5.74, 6) is 0.719. The van der Waals surface area contributed by atoms with Crippen molar-refractivity contribution in [1.82, 2.24) is 14.5 Å². The quantitative estimate of drug-likeness (QED) is 0.730. The van der Waals surface area contributed by atoms with E-state index < -0.39 is 0 Å². The molecule has 0 amide bonds. The first-order valence-electron chi connectivity index (χ1n) is 6.82. The molecule has 2 heterocycles. The molecule has 6 nitrogen and oxygen atoms in total. The zero-order chi connectivity index (χ0) is 14.7. The number of likely N-dealkylation sites (N-methyl/N-ethyl adjacent to an activating group) is 1. The van der Waals surface area contributed by atoms with Gasteiger partial charge in [-0.25, -0.2) is 4.52 Å². The Kier molecular flexibility index (Phi) is 4.46. The lowest BCUT2D eigenvalue weighted by Gasteiger charge is -2.14. The summed E-state index contributed by atoms with van der Waals surface area (Å²) in [5.41, 5.74) is 10.0. The summed E-state index contributed by atoms with van der Waals surface area (Å²) >= 11 is 0. The third kappa shape index (κ3) is 2.86. The first kappa shape index (κ1) is 14.6. The highest BCUT2D eigenvalue weighted by atomic mass is 16.3. The van der Waals surface area contributed by atoms with E-state index in [1.54, 1.807) is 0 Å². The summed E-state index contributed by atoms with van der Waals surface area (Å²) in [6.45, 7) is 6.50. The van der Waals surface area contributed by atoms with E-state index in [-0.39, 0.29) is 6.61 Å². The van der Waals surface area contributed by atoms with Crippen LogP contribution in [0.4, 0.5) is 11.5 Å². The molecule has 0 unspecified atom stereocenters. The number of nitrogens with one attached hydrogen (secondary N) is 1. The molecule has 0 aliphatic heterocycles. The van der Waals surface area contributed by atoms with E-state index in [1.165, 1.54) is 5.56 Å². The van der Waals surface area contributed by atoms with Gasteiger partial charge in [0.25, 0.3) is 0 Å². The van der Waals surface area contributed by atoms with Crippen LogP contribution >= 0.6 is 0 Å². The van der Waals surface area contributed by atoms with Crippen molar-refractivity contribution in [3.8, 4) is 0 Å². The van der Waals surface area contributed by atoms with Gasteiger partial charge in [0, 0.05) is 25.3 Å². The molecule has 0 fully saturated rings. The van der Waals surface area contributed by atoms with E-state index in [2.05, 4.69) is 23.4 Å². The molecular weight excluding hydrogens is 254 g/mol. The van der Waals surface area contributed by atoms with Crippen molar-refractivity contribution < 1.29 is 5.11 Å². The maximum absolute atomic E-state index is 8.85. The maximum atomic E-state index is 8.85. The Morgan fingerprint density at radius 2 is 2.10 bits per heavy atom. The number of nitrogens with two attached hydrogens (primary N) is 1. The van der Waals surface area contributed by atoms with Crippen molar-refractivity contribution in [2.45, 2.75) is 13.8 Å². The van der Waals surface area contributed by atoms with E-state index in [0.717, 1.165) is 30.1 Å². The fraction of sp³-hybridized carbons (Fsp3) is 0.500. The summed E-state index contributed by atoms with van der Waals surface area (Å²) in [7, 11) is 1.97. The van der Waals surface area contributed by atoms with Gasteiger partial charge < -0.3 is 21.1 Å². The van der Waals surface area contributed by atoms with Gasteiger partial charge in [0.05, 0.1) is 12.1 Å². The van der Waals surface area contributed by atoms with Crippen molar-refractivity contribution in [1.29, 1.82) is 0 Å². The molecule has 6 heteroatoms. The Bertz CT molecular complexity index is 593. The lowest BCUT2D eigenvalue weighted by molar-refractivity contribution is 0.225. The number of aliphatic hydroxyl groups excluding tert-OH is 1. The molecule has 110 valence electrons. The van der Waals surface area contributed by atoms with Crippen LogP contribution in [0.3, 0.4) is 0 Å². The van der Waals surface area contributed by atoms with Crippen LogP contribution in [0.25, 0.3) is 5.52 Å². The van der Waals surface area contributed by atoms with Crippen LogP contribution < -0.4 is 11.1 Å². The van der Waals surface area contributed by atoms with Crippen molar-refractivity contribution >= 4 is 17.0 Å². The Morgan fingerprint density at radius 1 is 1.35 bits per heavy atom. The normalized spacial score (nSPS) is 11.4. The van der Waals surface area contributed by atoms with Crippen LogP contribution in [0.2, 0.25) is 0 Å². The third-order valence-electron chi connectivity index (χ3n) is 3.61. The molecule has 0 atom stereocenters. The Labute approximate surface area is 119 Å². The van der Waals surface area contributed by atoms with Crippen LogP contribution in [0.1, 0.15) is 11.3 Å². The summed E-state index contributed by atoms with van der Waals surface area (Å²) in [6, 6.07) is 4.05. The second-order valence-electron chi connectivity index (χ2n) is 5.11. The van der Waals surface area contributed by atoms with Crippen LogP contribution in [0.15, 0.2) is 12.1 Å². The Morgan fingerprint density at radius 3 is 2.80 bits per heavy atom. The minimum atomic E-state index is 0.172. The Hall–Kier alpha value is -1.79. The van der Waals surface area contributed by atoms with E-state index in [1.807, 2.05) is 29.5 Å². The van der Waals surface area contributed by atoms with Gasteiger partial charge >= 0.3 is 0 Å². The highest BCUT2D eigenvalue weighted by Crippen LogP contribution is 2.24. The van der Waals surface area contributed by atoms with Crippen LogP contribution in [-0.4, -0.2) is 52.9 Å². The standard InChI is InChI=1S/C14H23N5O/c1-10-4-5-12-13(15)14(17-19(12)11(10)2)16-6-7-18(3)8-9-20/h4-5,20H,6-9,15H2,1-3H3,(H,16,17). The molecule has 0 bridgehead atoms. The monoisotopic (exact) mass is 277 g/mol. The SMILES string of the molecule is Cc1ccc2c(N)c(NCCN(C)CCO)nn2c1C. The zero-order valence-corrected chi connectivity index (χ0v) is 12.3. The van der Waals surface area contributed by atoms with Gasteiger partial charge in [0.15, 0.2) is 5.82 Å². The minimum absolute atomic E-state index is 0.172. The third-order valence-corrected chi connectivity index (χ3v) is 3.61. The number of hydrogen-bond donors (Lipinski definition) is 3. The molecule has 0 radical (unpaired) electrons. The molecular formula is C14H23N5O. The molecule has 0 aromatic carbocycles. The largest absolute Gasteiger partial charge is 0.395 e. The summed E-state index contributed by atoms with van der Waals surface area (Å²) in [6.07, 6.45) is 0. The highest BCUT2D eigenvalue weighted by Gasteiger charge is 2.11. The van der Waals surface area contributed by atoms with Gasteiger partial charge in [0.1, 0.15) is 5.69 Å². The average Bonchev–Trinajstić information content (AvgIpc) is 2.72. The van der Waals surface area contributed by atoms with Crippen LogP contribution in [-0.2, 0) is 0 Å². The van der Waals surface area contributed by atoms with E-state index >= 15 is 0 Å². The van der Waals surface area contributed by atoms with Crippen molar-refractivity contribution in [2.75, 3.05) is 44.3 Å². The predicted octanol–water partition coefficient (Wildman–Crippen LogP) is 0.869. The summed E-state index contributed by atoms with van der Waals surface area (Å²) < 4.78 is 1.88. The Balaban J connectivity index is 2.11. The van der Waals surface area contributed by atoms with Gasteiger partial charge in [-0.3, -0.25) is 0 Å². The lowest BCUT2D eigenvalue weighted by atomic mass is 10.2. The summed E-state index contributed by atoms with van der Waals surface area (Å²) in [5, 5.41) is 16.6. The van der Waals surface area contributed by atoms with Gasteiger partial charge in [-0.05, 0) is 32.5 Å². The number of anilines is 2. The van der Waals surface area contributed by atoms with Gasteiger partial charge in [-0.2, -0.15) is 0 Å². The number of aryl methyl sites for hydroxylation is 2. The number of pyridine rings is 1. The first-order chi connectivity index (χ1) is 9.54. The topological polar surface area (TPSA) is 78.8 Å². The molecule has 2 aromatic heterocycles. The molecule has 0 spiro atoms. The molecule has 0 saturated carbocycles. The molecule has 4 N–H and O–H groups in total. The van der Waals surface area contributed by atoms with Crippen LogP contribution in [0, 0.1) is 13.8 Å². The van der Waals surface area contributed by atoms with Crippen LogP contribution in [0.5, 0.6) is 0 Å². The number of nitrogens with zero attached hydrogens (tertiary/aromatic N) is 3. The number of nitrogen functional groups attached to an aromatic ring is 1. The second-order valence-corrected chi connectivity index (χ2v) is 5.11. The molecule has 2 aromatic rings. The maximum Gasteiger partial charge on any atom is 0.172 e. The number of aromatic nitrogens is 2. The second kappa shape index (κ2) is 6.11. The van der Waals surface area contributed by atoms with Crippen molar-refractivity contribution in [3.63, 3.8) is 0 Å². The van der Waals surface area contributed by atoms with Gasteiger partial charge in [-0.15, -0.1) is 5.10 Å².